The van der Waals surface area contributed by atoms with Gasteiger partial charge in [-0.15, -0.1) is 10.2 Å². The molecule has 8 heteroatoms. The van der Waals surface area contributed by atoms with E-state index < -0.39 is 0 Å². The Morgan fingerprint density at radius 2 is 1.83 bits per heavy atom. The third-order valence-corrected chi connectivity index (χ3v) is 5.24. The summed E-state index contributed by atoms with van der Waals surface area (Å²) >= 11 is 0. The van der Waals surface area contributed by atoms with Crippen molar-refractivity contribution < 1.29 is 13.7 Å². The molecule has 1 aliphatic heterocycles. The number of hydrogen-bond acceptors (Lipinski definition) is 8. The second-order valence-corrected chi connectivity index (χ2v) is 7.36. The Morgan fingerprint density at radius 3 is 2.60 bits per heavy atom. The molecule has 2 unspecified atom stereocenters. The van der Waals surface area contributed by atoms with Crippen LogP contribution in [-0.4, -0.2) is 33.0 Å². The van der Waals surface area contributed by atoms with Gasteiger partial charge in [0.05, 0.1) is 11.3 Å². The molecule has 4 aromatic rings. The number of hydrogen-bond donors (Lipinski definition) is 1. The van der Waals surface area contributed by atoms with Crippen molar-refractivity contribution in [2.45, 2.75) is 31.9 Å². The van der Waals surface area contributed by atoms with Crippen LogP contribution in [0.15, 0.2) is 57.6 Å². The summed E-state index contributed by atoms with van der Waals surface area (Å²) in [6, 6.07) is 13.7. The third-order valence-electron chi connectivity index (χ3n) is 5.24. The van der Waals surface area contributed by atoms with Crippen molar-refractivity contribution in [1.82, 2.24) is 20.3 Å². The predicted molar refractivity (Wildman–Crippen MR) is 109 cm³/mol. The lowest BCUT2D eigenvalue weighted by Gasteiger charge is -2.26. The third kappa shape index (κ3) is 3.51. The van der Waals surface area contributed by atoms with Crippen LogP contribution in [-0.2, 0) is 4.74 Å². The highest BCUT2D eigenvalue weighted by molar-refractivity contribution is 5.78. The topological polar surface area (TPSA) is 113 Å². The van der Waals surface area contributed by atoms with E-state index in [2.05, 4.69) is 20.3 Å². The van der Waals surface area contributed by atoms with Crippen LogP contribution in [0.25, 0.3) is 34.2 Å². The highest BCUT2D eigenvalue weighted by Gasteiger charge is 2.24. The Labute approximate surface area is 173 Å². The Bertz CT molecular complexity index is 1140. The quantitative estimate of drug-likeness (QED) is 0.545. The first-order valence-corrected chi connectivity index (χ1v) is 9.88. The first-order chi connectivity index (χ1) is 14.7. The summed E-state index contributed by atoms with van der Waals surface area (Å²) in [6.45, 7) is 2.48. The van der Waals surface area contributed by atoms with Gasteiger partial charge in [-0.1, -0.05) is 35.5 Å². The first-order valence-electron chi connectivity index (χ1n) is 9.88. The molecule has 0 radical (unpaired) electrons. The van der Waals surface area contributed by atoms with E-state index in [4.69, 9.17) is 19.4 Å². The van der Waals surface area contributed by atoms with Crippen molar-refractivity contribution in [2.75, 3.05) is 6.61 Å². The fraction of sp³-hybridized carbons (Fsp3) is 0.273. The van der Waals surface area contributed by atoms with Crippen LogP contribution in [0.3, 0.4) is 0 Å². The lowest BCUT2D eigenvalue weighted by atomic mass is 10.0. The summed E-state index contributed by atoms with van der Waals surface area (Å²) in [4.78, 5) is 4.53. The molecular weight excluding hydrogens is 382 g/mol. The molecule has 1 fully saturated rings. The van der Waals surface area contributed by atoms with E-state index in [1.165, 1.54) is 0 Å². The molecule has 3 aromatic heterocycles. The van der Waals surface area contributed by atoms with Gasteiger partial charge in [0, 0.05) is 24.4 Å². The van der Waals surface area contributed by atoms with Crippen molar-refractivity contribution in [3.05, 3.63) is 60.1 Å². The molecule has 0 bridgehead atoms. The molecule has 5 rings (SSSR count). The zero-order chi connectivity index (χ0) is 20.5. The highest BCUT2D eigenvalue weighted by Crippen LogP contribution is 2.35. The fourth-order valence-corrected chi connectivity index (χ4v) is 3.61. The number of nitrogens with two attached hydrogens (primary N) is 1. The Balaban J connectivity index is 1.42. The minimum atomic E-state index is -0.0749. The molecular formula is C22H21N5O3. The van der Waals surface area contributed by atoms with Crippen LogP contribution in [0, 0.1) is 6.92 Å². The van der Waals surface area contributed by atoms with Crippen molar-refractivity contribution in [3.63, 3.8) is 0 Å². The first kappa shape index (κ1) is 18.7. The maximum atomic E-state index is 6.05. The van der Waals surface area contributed by atoms with Gasteiger partial charge in [-0.05, 0) is 31.9 Å². The smallest absolute Gasteiger partial charge is 0.254 e. The number of nitrogens with zero attached hydrogens (tertiary/aromatic N) is 4. The van der Waals surface area contributed by atoms with Gasteiger partial charge in [0.1, 0.15) is 23.1 Å². The summed E-state index contributed by atoms with van der Waals surface area (Å²) < 4.78 is 17.1. The molecule has 4 heterocycles. The Hall–Kier alpha value is -3.36. The largest absolute Gasteiger partial charge is 0.416 e. The molecule has 8 nitrogen and oxygen atoms in total. The fourth-order valence-electron chi connectivity index (χ4n) is 3.61. The van der Waals surface area contributed by atoms with Gasteiger partial charge in [-0.2, -0.15) is 0 Å². The molecule has 30 heavy (non-hydrogen) atoms. The molecule has 1 aromatic carbocycles. The van der Waals surface area contributed by atoms with Crippen LogP contribution in [0.4, 0.5) is 0 Å². The van der Waals surface area contributed by atoms with Crippen LogP contribution >= 0.6 is 0 Å². The van der Waals surface area contributed by atoms with Crippen molar-refractivity contribution in [1.29, 1.82) is 0 Å². The number of aryl methyl sites for hydroxylation is 1. The number of aromatic nitrogens is 4. The van der Waals surface area contributed by atoms with Gasteiger partial charge in [-0.25, -0.2) is 0 Å². The lowest BCUT2D eigenvalue weighted by Crippen LogP contribution is -2.30. The van der Waals surface area contributed by atoms with Gasteiger partial charge in [0.2, 0.25) is 5.89 Å². The van der Waals surface area contributed by atoms with Crippen LogP contribution in [0.1, 0.15) is 30.4 Å². The minimum Gasteiger partial charge on any atom is -0.416 e. The number of ether oxygens (including phenoxy) is 1. The van der Waals surface area contributed by atoms with Crippen LogP contribution in [0.5, 0.6) is 0 Å². The molecule has 0 spiro atoms. The average molecular weight is 403 g/mol. The normalized spacial score (nSPS) is 19.1. The molecule has 0 amide bonds. The molecule has 0 saturated carbocycles. The number of rotatable bonds is 4. The van der Waals surface area contributed by atoms with Gasteiger partial charge in [0.25, 0.3) is 5.89 Å². The molecule has 1 aliphatic rings. The monoisotopic (exact) mass is 403 g/mol. The number of pyridine rings is 1. The summed E-state index contributed by atoms with van der Waals surface area (Å²) in [6.07, 6.45) is 3.29. The molecule has 2 atom stereocenters. The molecule has 2 N–H and O–H groups in total. The van der Waals surface area contributed by atoms with Gasteiger partial charge >= 0.3 is 0 Å². The van der Waals surface area contributed by atoms with E-state index >= 15 is 0 Å². The Kier molecular flexibility index (Phi) is 4.86. The second kappa shape index (κ2) is 7.81. The summed E-state index contributed by atoms with van der Waals surface area (Å²) in [5.74, 6) is 1.35. The van der Waals surface area contributed by atoms with Crippen molar-refractivity contribution >= 4 is 0 Å². The SMILES string of the molecule is Cc1onc(-c2ccccc2)c1-c1nnc(-c2ccc(C3CC(N)CCO3)nc2)o1. The molecule has 1 saturated heterocycles. The predicted octanol–water partition coefficient (Wildman–Crippen LogP) is 3.94. The summed E-state index contributed by atoms with van der Waals surface area (Å²) in [5, 5.41) is 12.6. The van der Waals surface area contributed by atoms with Crippen LogP contribution < -0.4 is 5.73 Å². The summed E-state index contributed by atoms with van der Waals surface area (Å²) in [7, 11) is 0. The van der Waals surface area contributed by atoms with E-state index in [0.717, 1.165) is 29.7 Å². The minimum absolute atomic E-state index is 0.0749. The lowest BCUT2D eigenvalue weighted by molar-refractivity contribution is 0.00414. The molecule has 152 valence electrons. The average Bonchev–Trinajstić information content (AvgIpc) is 3.41. The van der Waals surface area contributed by atoms with E-state index in [0.29, 0.717) is 35.4 Å². The van der Waals surface area contributed by atoms with E-state index in [9.17, 15) is 0 Å². The second-order valence-electron chi connectivity index (χ2n) is 7.36. The van der Waals surface area contributed by atoms with Crippen molar-refractivity contribution in [2.24, 2.45) is 5.73 Å². The highest BCUT2D eigenvalue weighted by atomic mass is 16.5. The maximum absolute atomic E-state index is 6.05. The molecule has 0 aliphatic carbocycles. The maximum Gasteiger partial charge on any atom is 0.254 e. The van der Waals surface area contributed by atoms with E-state index in [1.54, 1.807) is 6.20 Å². The van der Waals surface area contributed by atoms with Gasteiger partial charge in [0.15, 0.2) is 0 Å². The van der Waals surface area contributed by atoms with Crippen LogP contribution in [0.2, 0.25) is 0 Å². The van der Waals surface area contributed by atoms with E-state index in [1.807, 2.05) is 49.4 Å². The zero-order valence-corrected chi connectivity index (χ0v) is 16.5. The summed E-state index contributed by atoms with van der Waals surface area (Å²) in [5.41, 5.74) is 9.91. The van der Waals surface area contributed by atoms with Gasteiger partial charge in [-0.3, -0.25) is 4.98 Å². The van der Waals surface area contributed by atoms with Gasteiger partial charge < -0.3 is 19.4 Å². The standard InChI is InChI=1S/C22H21N5O3/c1-13-19(20(27-30-13)14-5-3-2-4-6-14)22-26-25-21(29-22)15-7-8-17(24-12-15)18-11-16(23)9-10-28-18/h2-8,12,16,18H,9-11,23H2,1H3. The number of benzene rings is 1. The van der Waals surface area contributed by atoms with E-state index in [-0.39, 0.29) is 12.1 Å². The zero-order valence-electron chi connectivity index (χ0n) is 16.5. The Morgan fingerprint density at radius 1 is 1.00 bits per heavy atom. The van der Waals surface area contributed by atoms with Crippen molar-refractivity contribution in [3.8, 4) is 34.2 Å².